The Kier molecular flexibility index (Phi) is 6.96. The third-order valence-electron chi connectivity index (χ3n) is 4.35. The van der Waals surface area contributed by atoms with E-state index in [1.54, 1.807) is 11.8 Å². The molecular weight excluding hydrogens is 422 g/mol. The van der Waals surface area contributed by atoms with E-state index in [1.807, 2.05) is 19.1 Å². The fourth-order valence-electron chi connectivity index (χ4n) is 2.79. The normalized spacial score (nSPS) is 12.1. The van der Waals surface area contributed by atoms with Gasteiger partial charge in [-0.05, 0) is 55.7 Å². The van der Waals surface area contributed by atoms with Crippen LogP contribution in [0.2, 0.25) is 0 Å². The lowest BCUT2D eigenvalue weighted by molar-refractivity contribution is 0.210. The summed E-state index contributed by atoms with van der Waals surface area (Å²) in [5.74, 6) is 2.57. The molecule has 4 nitrogen and oxygen atoms in total. The van der Waals surface area contributed by atoms with E-state index in [0.717, 1.165) is 39.9 Å². The topological polar surface area (TPSA) is 39.9 Å². The quantitative estimate of drug-likeness (QED) is 0.395. The van der Waals surface area contributed by atoms with E-state index in [0.29, 0.717) is 0 Å². The Balaban J connectivity index is 1.69. The number of ether oxygens (including phenoxy) is 1. The molecule has 0 radical (unpaired) electrons. The minimum Gasteiger partial charge on any atom is -0.483 e. The zero-order chi connectivity index (χ0) is 19.2. The molecule has 1 heterocycles. The number of nitrogens with zero attached hydrogens (tertiary/aromatic N) is 3. The van der Waals surface area contributed by atoms with Crippen molar-refractivity contribution in [1.82, 2.24) is 14.8 Å². The van der Waals surface area contributed by atoms with E-state index in [1.165, 1.54) is 11.1 Å². The summed E-state index contributed by atoms with van der Waals surface area (Å²) < 4.78 is 9.32. The van der Waals surface area contributed by atoms with Gasteiger partial charge in [0.1, 0.15) is 5.75 Å². The third-order valence-corrected chi connectivity index (χ3v) is 5.92. The molecule has 27 heavy (non-hydrogen) atoms. The van der Waals surface area contributed by atoms with Gasteiger partial charge in [0.15, 0.2) is 17.1 Å². The second kappa shape index (κ2) is 9.42. The maximum atomic E-state index is 6.09. The summed E-state index contributed by atoms with van der Waals surface area (Å²) in [5, 5.41) is 9.72. The largest absolute Gasteiger partial charge is 0.483 e. The van der Waals surface area contributed by atoms with Crippen LogP contribution in [0.5, 0.6) is 5.75 Å². The van der Waals surface area contributed by atoms with E-state index < -0.39 is 0 Å². The second-order valence-electron chi connectivity index (χ2n) is 6.26. The first-order chi connectivity index (χ1) is 13.1. The summed E-state index contributed by atoms with van der Waals surface area (Å²) >= 11 is 5.17. The average Bonchev–Trinajstić information content (AvgIpc) is 3.11. The summed E-state index contributed by atoms with van der Waals surface area (Å²) in [6.45, 7) is 7.09. The Morgan fingerprint density at radius 1 is 1.00 bits per heavy atom. The lowest BCUT2D eigenvalue weighted by Crippen LogP contribution is -2.12. The molecule has 0 fully saturated rings. The van der Waals surface area contributed by atoms with Crippen molar-refractivity contribution in [2.75, 3.05) is 0 Å². The van der Waals surface area contributed by atoms with Crippen LogP contribution in [-0.2, 0) is 18.7 Å². The van der Waals surface area contributed by atoms with Crippen LogP contribution in [0.4, 0.5) is 0 Å². The van der Waals surface area contributed by atoms with E-state index in [4.69, 9.17) is 4.74 Å². The van der Waals surface area contributed by atoms with Gasteiger partial charge in [0.25, 0.3) is 0 Å². The van der Waals surface area contributed by atoms with Gasteiger partial charge < -0.3 is 9.30 Å². The first kappa shape index (κ1) is 20.0. The highest BCUT2D eigenvalue weighted by molar-refractivity contribution is 9.10. The van der Waals surface area contributed by atoms with Gasteiger partial charge in [-0.2, -0.15) is 0 Å². The smallest absolute Gasteiger partial charge is 0.191 e. The van der Waals surface area contributed by atoms with E-state index >= 15 is 0 Å². The molecule has 0 saturated carbocycles. The van der Waals surface area contributed by atoms with Gasteiger partial charge >= 0.3 is 0 Å². The summed E-state index contributed by atoms with van der Waals surface area (Å²) in [7, 11) is 0. The lowest BCUT2D eigenvalue weighted by atomic mass is 10.2. The van der Waals surface area contributed by atoms with Crippen molar-refractivity contribution in [2.45, 2.75) is 50.8 Å². The number of aromatic nitrogens is 3. The molecule has 6 heteroatoms. The van der Waals surface area contributed by atoms with Crippen molar-refractivity contribution in [2.24, 2.45) is 0 Å². The molecule has 2 aromatic carbocycles. The van der Waals surface area contributed by atoms with Crippen LogP contribution in [0.25, 0.3) is 0 Å². The molecule has 3 rings (SSSR count). The van der Waals surface area contributed by atoms with Gasteiger partial charge in [0.2, 0.25) is 0 Å². The molecule has 0 aliphatic rings. The highest BCUT2D eigenvalue weighted by atomic mass is 79.9. The fraction of sp³-hybridized carbons (Fsp3) is 0.333. The predicted octanol–water partition coefficient (Wildman–Crippen LogP) is 6.06. The maximum absolute atomic E-state index is 6.09. The zero-order valence-corrected chi connectivity index (χ0v) is 18.3. The van der Waals surface area contributed by atoms with Crippen molar-refractivity contribution in [3.63, 3.8) is 0 Å². The molecule has 0 N–H and O–H groups in total. The summed E-state index contributed by atoms with van der Waals surface area (Å²) in [6.07, 6.45) is 0.867. The summed E-state index contributed by atoms with van der Waals surface area (Å²) in [5.41, 5.74) is 2.56. The predicted molar refractivity (Wildman–Crippen MR) is 114 cm³/mol. The van der Waals surface area contributed by atoms with Gasteiger partial charge in [-0.15, -0.1) is 10.2 Å². The van der Waals surface area contributed by atoms with Crippen LogP contribution in [-0.4, -0.2) is 14.8 Å². The molecule has 0 saturated heterocycles. The fourth-order valence-corrected chi connectivity index (χ4v) is 4.02. The Hall–Kier alpha value is -1.79. The van der Waals surface area contributed by atoms with Gasteiger partial charge in [-0.1, -0.05) is 58.9 Å². The molecule has 3 aromatic rings. The van der Waals surface area contributed by atoms with Crippen LogP contribution in [0.3, 0.4) is 0 Å². The third kappa shape index (κ3) is 5.14. The van der Waals surface area contributed by atoms with E-state index in [2.05, 4.69) is 80.9 Å². The van der Waals surface area contributed by atoms with Crippen LogP contribution < -0.4 is 4.74 Å². The molecule has 0 spiro atoms. The number of halogens is 1. The first-order valence-electron chi connectivity index (χ1n) is 9.16. The molecule has 1 aromatic heterocycles. The molecule has 1 unspecified atom stereocenters. The molecule has 1 atom stereocenters. The van der Waals surface area contributed by atoms with Gasteiger partial charge in [0, 0.05) is 16.8 Å². The van der Waals surface area contributed by atoms with E-state index in [9.17, 15) is 0 Å². The summed E-state index contributed by atoms with van der Waals surface area (Å²) in [4.78, 5) is 0. The average molecular weight is 446 g/mol. The monoisotopic (exact) mass is 445 g/mol. The number of hydrogen-bond donors (Lipinski definition) is 0. The number of benzene rings is 2. The van der Waals surface area contributed by atoms with Gasteiger partial charge in [0.05, 0.1) is 0 Å². The van der Waals surface area contributed by atoms with Crippen LogP contribution >= 0.6 is 27.7 Å². The summed E-state index contributed by atoms with van der Waals surface area (Å²) in [6, 6.07) is 16.6. The van der Waals surface area contributed by atoms with Gasteiger partial charge in [-0.25, -0.2) is 0 Å². The van der Waals surface area contributed by atoms with Crippen molar-refractivity contribution in [3.8, 4) is 5.75 Å². The Labute approximate surface area is 173 Å². The minimum atomic E-state index is -0.160. The Bertz CT molecular complexity index is 862. The molecule has 0 aliphatic heterocycles. The van der Waals surface area contributed by atoms with Crippen molar-refractivity contribution in [1.29, 1.82) is 0 Å². The molecule has 142 valence electrons. The molecule has 0 aliphatic carbocycles. The number of thioether (sulfide) groups is 1. The van der Waals surface area contributed by atoms with E-state index in [-0.39, 0.29) is 6.10 Å². The van der Waals surface area contributed by atoms with Crippen molar-refractivity contribution >= 4 is 27.7 Å². The van der Waals surface area contributed by atoms with Crippen molar-refractivity contribution in [3.05, 3.63) is 70.0 Å². The number of rotatable bonds is 8. The Morgan fingerprint density at radius 2 is 1.67 bits per heavy atom. The minimum absolute atomic E-state index is 0.160. The highest BCUT2D eigenvalue weighted by Gasteiger charge is 2.18. The van der Waals surface area contributed by atoms with Crippen LogP contribution in [0.15, 0.2) is 58.2 Å². The van der Waals surface area contributed by atoms with Crippen LogP contribution in [0, 0.1) is 0 Å². The molecule has 0 bridgehead atoms. The number of aryl methyl sites for hydroxylation is 1. The Morgan fingerprint density at radius 3 is 2.30 bits per heavy atom. The standard InChI is InChI=1S/C21H24BrN3OS/c1-4-16-8-12-19(13-9-16)26-15(3)20-23-24-21(25(20)5-2)27-14-17-6-10-18(22)11-7-17/h6-13,15H,4-5,14H2,1-3H3. The van der Waals surface area contributed by atoms with Crippen molar-refractivity contribution < 1.29 is 4.74 Å². The SMILES string of the molecule is CCc1ccc(OC(C)c2nnc(SCc3ccc(Br)cc3)n2CC)cc1. The lowest BCUT2D eigenvalue weighted by Gasteiger charge is -2.16. The highest BCUT2D eigenvalue weighted by Crippen LogP contribution is 2.27. The second-order valence-corrected chi connectivity index (χ2v) is 8.12. The molecule has 0 amide bonds. The number of hydrogen-bond acceptors (Lipinski definition) is 4. The van der Waals surface area contributed by atoms with Gasteiger partial charge in [-0.3, -0.25) is 0 Å². The first-order valence-corrected chi connectivity index (χ1v) is 10.9. The molecular formula is C21H24BrN3OS. The maximum Gasteiger partial charge on any atom is 0.191 e. The zero-order valence-electron chi connectivity index (χ0n) is 15.9. The van der Waals surface area contributed by atoms with Crippen LogP contribution in [0.1, 0.15) is 43.8 Å².